The fourth-order valence-electron chi connectivity index (χ4n) is 3.74. The molecule has 2 aromatic heterocycles. The number of fused-ring (bicyclic) bond motifs is 2. The van der Waals surface area contributed by atoms with E-state index < -0.39 is 5.95 Å². The van der Waals surface area contributed by atoms with E-state index in [0.29, 0.717) is 29.7 Å². The van der Waals surface area contributed by atoms with Crippen LogP contribution >= 0.6 is 11.3 Å². The maximum Gasteiger partial charge on any atom is 0.230 e. The van der Waals surface area contributed by atoms with E-state index in [2.05, 4.69) is 33.2 Å². The lowest BCUT2D eigenvalue weighted by molar-refractivity contribution is -0.114. The molecule has 0 aliphatic carbocycles. The monoisotopic (exact) mass is 362 g/mol. The van der Waals surface area contributed by atoms with Gasteiger partial charge in [-0.3, -0.25) is 14.7 Å². The average molecular weight is 362 g/mol. The number of anilines is 1. The number of carbonyl (C=O) groups is 1. The van der Waals surface area contributed by atoms with E-state index in [1.54, 1.807) is 6.20 Å². The van der Waals surface area contributed by atoms with Crippen LogP contribution in [0.3, 0.4) is 0 Å². The van der Waals surface area contributed by atoms with E-state index >= 15 is 0 Å². The van der Waals surface area contributed by atoms with Crippen molar-refractivity contribution in [3.05, 3.63) is 40.4 Å². The van der Waals surface area contributed by atoms with Crippen molar-refractivity contribution in [1.29, 1.82) is 0 Å². The van der Waals surface area contributed by atoms with Gasteiger partial charge in [0.05, 0.1) is 17.2 Å². The Hall–Kier alpha value is -1.90. The number of carbonyl (C=O) groups excluding carboxylic acids is 1. The van der Waals surface area contributed by atoms with Crippen molar-refractivity contribution >= 4 is 22.4 Å². The number of hydrogen-bond acceptors (Lipinski definition) is 6. The number of thiazole rings is 1. The first-order valence-electron chi connectivity index (χ1n) is 8.22. The second kappa shape index (κ2) is 6.12. The molecule has 2 aromatic rings. The SMILES string of the molecule is CC(=O)Nc1nc(F)c(CN2CC3(C[C@@H]2C)OCc2ncccc23)s1. The lowest BCUT2D eigenvalue weighted by atomic mass is 9.92. The number of rotatable bonds is 3. The van der Waals surface area contributed by atoms with Gasteiger partial charge >= 0.3 is 0 Å². The Morgan fingerprint density at radius 1 is 1.60 bits per heavy atom. The summed E-state index contributed by atoms with van der Waals surface area (Å²) in [7, 11) is 0. The number of pyridine rings is 1. The number of aromatic nitrogens is 2. The standard InChI is InChI=1S/C17H19FN4O2S/c1-10-6-17(12-4-3-5-19-13(12)8-24-17)9-22(10)7-14-15(18)21-16(25-14)20-11(2)23/h3-5,10H,6-9H2,1-2H3,(H,20,21,23)/t10-,17?/m0/s1. The number of nitrogens with one attached hydrogen (secondary N) is 1. The molecular weight excluding hydrogens is 343 g/mol. The van der Waals surface area contributed by atoms with Crippen LogP contribution in [-0.4, -0.2) is 33.4 Å². The molecule has 8 heteroatoms. The van der Waals surface area contributed by atoms with Crippen LogP contribution in [0.1, 0.15) is 36.4 Å². The number of likely N-dealkylation sites (tertiary alicyclic amines) is 1. The van der Waals surface area contributed by atoms with Crippen LogP contribution in [0.5, 0.6) is 0 Å². The first kappa shape index (κ1) is 16.6. The summed E-state index contributed by atoms with van der Waals surface area (Å²) in [5.74, 6) is -0.770. The molecule has 0 aromatic carbocycles. The van der Waals surface area contributed by atoms with Crippen LogP contribution in [-0.2, 0) is 28.3 Å². The number of hydrogen-bond donors (Lipinski definition) is 1. The molecule has 1 fully saturated rings. The molecule has 0 radical (unpaired) electrons. The van der Waals surface area contributed by atoms with Crippen LogP contribution in [0, 0.1) is 5.95 Å². The molecule has 1 saturated heterocycles. The van der Waals surface area contributed by atoms with Crippen LogP contribution in [0.25, 0.3) is 0 Å². The molecule has 132 valence electrons. The van der Waals surface area contributed by atoms with E-state index in [0.717, 1.165) is 17.7 Å². The molecule has 25 heavy (non-hydrogen) atoms. The first-order chi connectivity index (χ1) is 12.0. The van der Waals surface area contributed by atoms with E-state index in [1.165, 1.54) is 18.3 Å². The third-order valence-corrected chi connectivity index (χ3v) is 5.78. The highest BCUT2D eigenvalue weighted by Crippen LogP contribution is 2.45. The average Bonchev–Trinajstić information content (AvgIpc) is 3.18. The van der Waals surface area contributed by atoms with E-state index in [1.807, 2.05) is 6.07 Å². The van der Waals surface area contributed by atoms with Gasteiger partial charge in [0, 0.05) is 37.8 Å². The van der Waals surface area contributed by atoms with Crippen molar-refractivity contribution < 1.29 is 13.9 Å². The van der Waals surface area contributed by atoms with Gasteiger partial charge in [0.2, 0.25) is 11.9 Å². The molecule has 2 atom stereocenters. The van der Waals surface area contributed by atoms with Crippen LogP contribution < -0.4 is 5.32 Å². The summed E-state index contributed by atoms with van der Waals surface area (Å²) < 4.78 is 20.3. The highest BCUT2D eigenvalue weighted by molar-refractivity contribution is 7.15. The number of halogens is 1. The highest BCUT2D eigenvalue weighted by Gasteiger charge is 2.49. The van der Waals surface area contributed by atoms with E-state index in [9.17, 15) is 9.18 Å². The van der Waals surface area contributed by atoms with Crippen molar-refractivity contribution in [3.63, 3.8) is 0 Å². The fraction of sp³-hybridized carbons (Fsp3) is 0.471. The summed E-state index contributed by atoms with van der Waals surface area (Å²) >= 11 is 1.18. The zero-order valence-electron chi connectivity index (χ0n) is 14.1. The van der Waals surface area contributed by atoms with Gasteiger partial charge in [-0.2, -0.15) is 9.37 Å². The summed E-state index contributed by atoms with van der Waals surface area (Å²) in [6, 6.07) is 4.26. The van der Waals surface area contributed by atoms with E-state index in [4.69, 9.17) is 4.74 Å². The van der Waals surface area contributed by atoms with Crippen LogP contribution in [0.4, 0.5) is 9.52 Å². The topological polar surface area (TPSA) is 67.4 Å². The fourth-order valence-corrected chi connectivity index (χ4v) is 4.65. The summed E-state index contributed by atoms with van der Waals surface area (Å²) in [5, 5.41) is 2.84. The largest absolute Gasteiger partial charge is 0.363 e. The molecule has 0 saturated carbocycles. The normalized spacial score (nSPS) is 25.5. The van der Waals surface area contributed by atoms with Gasteiger partial charge in [0.25, 0.3) is 0 Å². The molecule has 2 aliphatic heterocycles. The van der Waals surface area contributed by atoms with Crippen molar-refractivity contribution in [1.82, 2.24) is 14.9 Å². The molecule has 4 rings (SSSR count). The minimum absolute atomic E-state index is 0.247. The number of ether oxygens (including phenoxy) is 1. The molecule has 4 heterocycles. The molecule has 1 unspecified atom stereocenters. The Morgan fingerprint density at radius 3 is 3.24 bits per heavy atom. The lowest BCUT2D eigenvalue weighted by Crippen LogP contribution is -2.31. The minimum atomic E-state index is -0.517. The number of nitrogens with zero attached hydrogens (tertiary/aromatic N) is 3. The molecule has 6 nitrogen and oxygen atoms in total. The van der Waals surface area contributed by atoms with Gasteiger partial charge in [-0.15, -0.1) is 0 Å². The molecule has 1 N–H and O–H groups in total. The van der Waals surface area contributed by atoms with Gasteiger partial charge in [-0.05, 0) is 19.4 Å². The second-order valence-electron chi connectivity index (χ2n) is 6.65. The van der Waals surface area contributed by atoms with Gasteiger partial charge in [-0.1, -0.05) is 17.4 Å². The molecular formula is C17H19FN4O2S. The second-order valence-corrected chi connectivity index (χ2v) is 7.74. The Morgan fingerprint density at radius 2 is 2.44 bits per heavy atom. The molecule has 2 aliphatic rings. The predicted molar refractivity (Wildman–Crippen MR) is 91.6 cm³/mol. The quantitative estimate of drug-likeness (QED) is 0.909. The summed E-state index contributed by atoms with van der Waals surface area (Å²) in [6.07, 6.45) is 2.64. The van der Waals surface area contributed by atoms with E-state index in [-0.39, 0.29) is 17.6 Å². The van der Waals surface area contributed by atoms with Crippen molar-refractivity contribution in [2.24, 2.45) is 0 Å². The highest BCUT2D eigenvalue weighted by atomic mass is 32.1. The summed E-state index contributed by atoms with van der Waals surface area (Å²) in [4.78, 5) is 22.0. The zero-order chi connectivity index (χ0) is 17.6. The van der Waals surface area contributed by atoms with Gasteiger partial charge in [0.1, 0.15) is 5.60 Å². The van der Waals surface area contributed by atoms with Crippen LogP contribution in [0.2, 0.25) is 0 Å². The molecule has 0 bridgehead atoms. The zero-order valence-corrected chi connectivity index (χ0v) is 14.9. The smallest absolute Gasteiger partial charge is 0.230 e. The lowest BCUT2D eigenvalue weighted by Gasteiger charge is -2.24. The maximum absolute atomic E-state index is 14.1. The van der Waals surface area contributed by atoms with Crippen molar-refractivity contribution in [3.8, 4) is 0 Å². The maximum atomic E-state index is 14.1. The minimum Gasteiger partial charge on any atom is -0.363 e. The molecule has 1 amide bonds. The third kappa shape index (κ3) is 2.94. The van der Waals surface area contributed by atoms with Crippen molar-refractivity contribution in [2.75, 3.05) is 11.9 Å². The first-order valence-corrected chi connectivity index (χ1v) is 9.04. The predicted octanol–water partition coefficient (Wildman–Crippen LogP) is 2.66. The molecule has 1 spiro atoms. The Balaban J connectivity index is 1.54. The van der Waals surface area contributed by atoms with Gasteiger partial charge in [0.15, 0.2) is 5.13 Å². The Labute approximate surface area is 149 Å². The van der Waals surface area contributed by atoms with Crippen molar-refractivity contribution in [2.45, 2.75) is 45.1 Å². The summed E-state index contributed by atoms with van der Waals surface area (Å²) in [5.41, 5.74) is 1.78. The number of amides is 1. The van der Waals surface area contributed by atoms with Crippen LogP contribution in [0.15, 0.2) is 18.3 Å². The van der Waals surface area contributed by atoms with Gasteiger partial charge in [-0.25, -0.2) is 0 Å². The third-order valence-electron chi connectivity index (χ3n) is 4.85. The van der Waals surface area contributed by atoms with Gasteiger partial charge < -0.3 is 10.1 Å². The Kier molecular flexibility index (Phi) is 4.05. The Bertz CT molecular complexity index is 827. The summed E-state index contributed by atoms with van der Waals surface area (Å²) in [6.45, 7) is 5.18.